The van der Waals surface area contributed by atoms with Crippen LogP contribution in [0, 0.1) is 19.8 Å². The van der Waals surface area contributed by atoms with Crippen molar-refractivity contribution < 1.29 is 19.1 Å². The summed E-state index contributed by atoms with van der Waals surface area (Å²) >= 11 is 0. The number of benzene rings is 3. The molecule has 0 aliphatic rings. The van der Waals surface area contributed by atoms with E-state index in [-0.39, 0.29) is 13.2 Å². The minimum atomic E-state index is -0.618. The van der Waals surface area contributed by atoms with Crippen molar-refractivity contribution in [2.75, 3.05) is 0 Å². The Balaban J connectivity index is 1.83. The number of amides is 2. The first kappa shape index (κ1) is 30.6. The molecule has 0 bridgehead atoms. The molecule has 0 saturated carbocycles. The lowest BCUT2D eigenvalue weighted by Crippen LogP contribution is -2.32. The molecule has 0 radical (unpaired) electrons. The lowest BCUT2D eigenvalue weighted by Gasteiger charge is -2.24. The minimum absolute atomic E-state index is 0.155. The number of alkyl carbamates (subject to hydrolysis) is 1. The van der Waals surface area contributed by atoms with Crippen LogP contribution in [0.1, 0.15) is 73.1 Å². The normalized spacial score (nSPS) is 11.5. The molecule has 2 amide bonds. The van der Waals surface area contributed by atoms with Crippen molar-refractivity contribution >= 4 is 22.8 Å². The van der Waals surface area contributed by atoms with E-state index in [2.05, 4.69) is 43.4 Å². The monoisotopic (exact) mass is 567 g/mol. The fourth-order valence-electron chi connectivity index (χ4n) is 4.99. The van der Waals surface area contributed by atoms with Crippen LogP contribution in [-0.2, 0) is 24.3 Å². The Hall–Kier alpha value is -4.39. The number of carbonyl (C=O) groups excluding carboxylic acids is 2. The summed E-state index contributed by atoms with van der Waals surface area (Å²) in [7, 11) is 0. The van der Waals surface area contributed by atoms with Crippen molar-refractivity contribution in [3.8, 4) is 16.9 Å². The molecule has 220 valence electrons. The highest BCUT2D eigenvalue weighted by atomic mass is 16.6. The number of ether oxygens (including phenoxy) is 2. The van der Waals surface area contributed by atoms with Crippen LogP contribution < -0.4 is 15.8 Å². The first-order valence-corrected chi connectivity index (χ1v) is 14.3. The number of rotatable bonds is 9. The Morgan fingerprint density at radius 1 is 0.952 bits per heavy atom. The van der Waals surface area contributed by atoms with Gasteiger partial charge >= 0.3 is 6.09 Å². The number of aryl methyl sites for hydroxylation is 2. The number of fused-ring (bicyclic) bond motifs is 1. The SMILES string of the molecule is Cc1ccc(-c2c(COc3cc4ccccc4cc3C(N)=O)c(C)nc(CC(C)C)c2CNC(=O)OC(C)(C)C)cc1. The fraction of sp³-hybridized carbons (Fsp3) is 0.343. The minimum Gasteiger partial charge on any atom is -0.488 e. The third-order valence-corrected chi connectivity index (χ3v) is 6.93. The molecule has 42 heavy (non-hydrogen) atoms. The Labute approximate surface area is 248 Å². The first-order chi connectivity index (χ1) is 19.8. The summed E-state index contributed by atoms with van der Waals surface area (Å²) in [6, 6.07) is 19.7. The van der Waals surface area contributed by atoms with E-state index in [1.54, 1.807) is 6.07 Å². The maximum absolute atomic E-state index is 12.7. The van der Waals surface area contributed by atoms with Crippen LogP contribution in [0.5, 0.6) is 5.75 Å². The van der Waals surface area contributed by atoms with Gasteiger partial charge in [0.2, 0.25) is 0 Å². The molecular formula is C35H41N3O4. The van der Waals surface area contributed by atoms with E-state index in [1.165, 1.54) is 0 Å². The van der Waals surface area contributed by atoms with Crippen molar-refractivity contribution in [1.82, 2.24) is 10.3 Å². The molecule has 1 heterocycles. The number of aromatic nitrogens is 1. The molecule has 0 fully saturated rings. The quantitative estimate of drug-likeness (QED) is 0.219. The lowest BCUT2D eigenvalue weighted by molar-refractivity contribution is 0.0523. The average molecular weight is 568 g/mol. The average Bonchev–Trinajstić information content (AvgIpc) is 2.90. The van der Waals surface area contributed by atoms with Crippen LogP contribution in [-0.4, -0.2) is 22.6 Å². The number of hydrogen-bond donors (Lipinski definition) is 2. The van der Waals surface area contributed by atoms with Gasteiger partial charge in [-0.25, -0.2) is 4.79 Å². The molecule has 0 atom stereocenters. The summed E-state index contributed by atoms with van der Waals surface area (Å²) in [5, 5.41) is 4.80. The van der Waals surface area contributed by atoms with Gasteiger partial charge in [0, 0.05) is 29.1 Å². The maximum atomic E-state index is 12.7. The predicted octanol–water partition coefficient (Wildman–Crippen LogP) is 7.42. The summed E-state index contributed by atoms with van der Waals surface area (Å²) in [5.74, 6) is 0.204. The molecule has 0 saturated heterocycles. The Bertz CT molecular complexity index is 1600. The van der Waals surface area contributed by atoms with Gasteiger partial charge in [0.05, 0.1) is 5.56 Å². The van der Waals surface area contributed by atoms with Gasteiger partial charge in [-0.1, -0.05) is 67.9 Å². The summed E-state index contributed by atoms with van der Waals surface area (Å²) in [6.45, 7) is 14.2. The van der Waals surface area contributed by atoms with Gasteiger partial charge in [-0.15, -0.1) is 0 Å². The Morgan fingerprint density at radius 3 is 2.19 bits per heavy atom. The van der Waals surface area contributed by atoms with E-state index in [1.807, 2.05) is 65.0 Å². The summed E-state index contributed by atoms with van der Waals surface area (Å²) in [6.07, 6.45) is 0.247. The topological polar surface area (TPSA) is 104 Å². The molecule has 0 spiro atoms. The van der Waals surface area contributed by atoms with Crippen LogP contribution >= 0.6 is 0 Å². The van der Waals surface area contributed by atoms with E-state index in [0.717, 1.165) is 56.4 Å². The number of nitrogens with zero attached hydrogens (tertiary/aromatic N) is 1. The van der Waals surface area contributed by atoms with Gasteiger partial charge in [-0.3, -0.25) is 9.78 Å². The standard InChI is InChI=1S/C35H41N3O4/c1-21(2)16-30-28(19-37-34(40)42-35(5,6)7)32(24-14-12-22(3)13-15-24)29(23(4)38-30)20-41-31-18-26-11-9-8-10-25(26)17-27(31)33(36)39/h8-15,17-18,21H,16,19-20H2,1-7H3,(H2,36,39)(H,37,40). The Morgan fingerprint density at radius 2 is 1.60 bits per heavy atom. The summed E-state index contributed by atoms with van der Waals surface area (Å²) in [4.78, 5) is 30.1. The molecule has 7 nitrogen and oxygen atoms in total. The van der Waals surface area contributed by atoms with Gasteiger partial charge in [0.1, 0.15) is 18.0 Å². The molecule has 7 heteroatoms. The molecular weight excluding hydrogens is 526 g/mol. The summed E-state index contributed by atoms with van der Waals surface area (Å²) < 4.78 is 11.9. The molecule has 0 unspecified atom stereocenters. The second-order valence-electron chi connectivity index (χ2n) is 12.1. The zero-order valence-corrected chi connectivity index (χ0v) is 25.6. The van der Waals surface area contributed by atoms with E-state index >= 15 is 0 Å². The van der Waals surface area contributed by atoms with Crippen LogP contribution in [0.4, 0.5) is 4.79 Å². The van der Waals surface area contributed by atoms with Crippen molar-refractivity contribution in [1.29, 1.82) is 0 Å². The zero-order chi connectivity index (χ0) is 30.6. The van der Waals surface area contributed by atoms with Crippen LogP contribution in [0.25, 0.3) is 21.9 Å². The molecule has 3 aromatic carbocycles. The lowest BCUT2D eigenvalue weighted by atomic mass is 9.90. The van der Waals surface area contributed by atoms with Crippen LogP contribution in [0.15, 0.2) is 60.7 Å². The van der Waals surface area contributed by atoms with Gasteiger partial charge in [0.25, 0.3) is 5.91 Å². The number of primary amides is 1. The van der Waals surface area contributed by atoms with E-state index < -0.39 is 17.6 Å². The largest absolute Gasteiger partial charge is 0.488 e. The van der Waals surface area contributed by atoms with Crippen molar-refractivity contribution in [2.45, 2.75) is 73.6 Å². The van der Waals surface area contributed by atoms with Crippen molar-refractivity contribution in [3.05, 3.63) is 94.3 Å². The fourth-order valence-corrected chi connectivity index (χ4v) is 4.99. The van der Waals surface area contributed by atoms with Crippen LogP contribution in [0.2, 0.25) is 0 Å². The van der Waals surface area contributed by atoms with E-state index in [0.29, 0.717) is 17.2 Å². The highest BCUT2D eigenvalue weighted by molar-refractivity contribution is 6.00. The maximum Gasteiger partial charge on any atom is 0.407 e. The third-order valence-electron chi connectivity index (χ3n) is 6.93. The number of hydrogen-bond acceptors (Lipinski definition) is 5. The van der Waals surface area contributed by atoms with Crippen LogP contribution in [0.3, 0.4) is 0 Å². The molecule has 0 aliphatic heterocycles. The molecule has 1 aromatic heterocycles. The molecule has 3 N–H and O–H groups in total. The highest BCUT2D eigenvalue weighted by Crippen LogP contribution is 2.35. The number of nitrogens with one attached hydrogen (secondary N) is 1. The van der Waals surface area contributed by atoms with Gasteiger partial charge in [-0.05, 0) is 81.0 Å². The molecule has 4 aromatic rings. The second-order valence-corrected chi connectivity index (χ2v) is 12.1. The highest BCUT2D eigenvalue weighted by Gasteiger charge is 2.23. The number of carbonyl (C=O) groups is 2. The van der Waals surface area contributed by atoms with Crippen molar-refractivity contribution in [2.24, 2.45) is 11.7 Å². The molecule has 4 rings (SSSR count). The number of nitrogens with two attached hydrogens (primary N) is 1. The third kappa shape index (κ3) is 7.46. The predicted molar refractivity (Wildman–Crippen MR) is 168 cm³/mol. The smallest absolute Gasteiger partial charge is 0.407 e. The second kappa shape index (κ2) is 12.6. The Kier molecular flexibility index (Phi) is 9.20. The number of pyridine rings is 1. The van der Waals surface area contributed by atoms with Crippen molar-refractivity contribution in [3.63, 3.8) is 0 Å². The summed E-state index contributed by atoms with van der Waals surface area (Å²) in [5.41, 5.74) is 12.1. The molecule has 0 aliphatic carbocycles. The van der Waals surface area contributed by atoms with Gasteiger partial charge in [0.15, 0.2) is 0 Å². The zero-order valence-electron chi connectivity index (χ0n) is 25.6. The van der Waals surface area contributed by atoms with Gasteiger partial charge in [-0.2, -0.15) is 0 Å². The first-order valence-electron chi connectivity index (χ1n) is 14.3. The van der Waals surface area contributed by atoms with Gasteiger partial charge < -0.3 is 20.5 Å². The van der Waals surface area contributed by atoms with E-state index in [4.69, 9.17) is 20.2 Å². The van der Waals surface area contributed by atoms with E-state index in [9.17, 15) is 9.59 Å².